The van der Waals surface area contributed by atoms with Gasteiger partial charge in [-0.3, -0.25) is 34.1 Å². The van der Waals surface area contributed by atoms with E-state index in [1.807, 2.05) is 25.1 Å². The van der Waals surface area contributed by atoms with Gasteiger partial charge in [0.1, 0.15) is 6.04 Å². The van der Waals surface area contributed by atoms with Crippen LogP contribution in [0.3, 0.4) is 0 Å². The number of fused-ring (bicyclic) bond motifs is 2. The molecule has 1 aliphatic rings. The van der Waals surface area contributed by atoms with Gasteiger partial charge in [-0.2, -0.15) is 0 Å². The lowest BCUT2D eigenvalue weighted by molar-refractivity contribution is -0.150. The summed E-state index contributed by atoms with van der Waals surface area (Å²) >= 11 is 0. The van der Waals surface area contributed by atoms with Gasteiger partial charge < -0.3 is 15.3 Å². The van der Waals surface area contributed by atoms with Gasteiger partial charge in [0.15, 0.2) is 0 Å². The Morgan fingerprint density at radius 1 is 0.966 bits per heavy atom. The Morgan fingerprint density at radius 3 is 2.07 bits per heavy atom. The lowest BCUT2D eigenvalue weighted by Gasteiger charge is -2.33. The maximum absolute atomic E-state index is 11.7. The van der Waals surface area contributed by atoms with E-state index < -0.39 is 30.4 Å². The van der Waals surface area contributed by atoms with E-state index >= 15 is 0 Å². The highest BCUT2D eigenvalue weighted by molar-refractivity contribution is 5.80. The number of rotatable bonds is 7. The van der Waals surface area contributed by atoms with E-state index in [0.29, 0.717) is 26.2 Å². The van der Waals surface area contributed by atoms with Crippen LogP contribution in [0.5, 0.6) is 0 Å². The first-order valence-electron chi connectivity index (χ1n) is 9.58. The van der Waals surface area contributed by atoms with Crippen molar-refractivity contribution < 1.29 is 29.7 Å². The van der Waals surface area contributed by atoms with Crippen molar-refractivity contribution in [1.29, 1.82) is 0 Å². The molecular formula is C19H28N4O6. The number of likely N-dealkylation sites (N-methyl/N-ethyl adjacent to an activating group) is 1. The monoisotopic (exact) mass is 408 g/mol. The summed E-state index contributed by atoms with van der Waals surface area (Å²) in [5.74, 6) is -3.37. The third-order valence-electron chi connectivity index (χ3n) is 4.94. The van der Waals surface area contributed by atoms with E-state index in [1.54, 1.807) is 9.80 Å². The third-order valence-corrected chi connectivity index (χ3v) is 4.94. The Bertz CT molecular complexity index is 728. The van der Waals surface area contributed by atoms with E-state index in [2.05, 4.69) is 9.88 Å². The standard InChI is InChI=1S/C19H28N4O6/c1-2-21-6-8-23(16(19(28)29)10-17(24)25)9-7-22(13-18(26)27)12-15-5-3-4-14(11-21)20-15/h3-5,16H,2,6-13H2,1H3,(H,24,25)(H,26,27)(H,28,29). The number of hydrogen-bond acceptors (Lipinski definition) is 7. The van der Waals surface area contributed by atoms with Crippen LogP contribution in [0.15, 0.2) is 18.2 Å². The molecule has 10 heteroatoms. The zero-order chi connectivity index (χ0) is 21.4. The Kier molecular flexibility index (Phi) is 8.50. The van der Waals surface area contributed by atoms with Gasteiger partial charge in [0.05, 0.1) is 24.4 Å². The fourth-order valence-corrected chi connectivity index (χ4v) is 3.42. The molecule has 0 spiro atoms. The molecule has 10 nitrogen and oxygen atoms in total. The molecule has 2 bridgehead atoms. The van der Waals surface area contributed by atoms with Crippen molar-refractivity contribution in [3.8, 4) is 0 Å². The summed E-state index contributed by atoms with van der Waals surface area (Å²) in [4.78, 5) is 44.2. The van der Waals surface area contributed by atoms with Crippen LogP contribution in [0.1, 0.15) is 24.7 Å². The normalized spacial score (nSPS) is 18.4. The van der Waals surface area contributed by atoms with E-state index in [0.717, 1.165) is 17.9 Å². The molecule has 2 rings (SSSR count). The molecule has 1 atom stereocenters. The number of aliphatic carboxylic acids is 3. The minimum Gasteiger partial charge on any atom is -0.481 e. The lowest BCUT2D eigenvalue weighted by atomic mass is 10.1. The Hall–Kier alpha value is -2.56. The van der Waals surface area contributed by atoms with Crippen molar-refractivity contribution >= 4 is 17.9 Å². The molecule has 0 fully saturated rings. The van der Waals surface area contributed by atoms with Crippen LogP contribution < -0.4 is 0 Å². The second-order valence-electron chi connectivity index (χ2n) is 7.08. The smallest absolute Gasteiger partial charge is 0.321 e. The first kappa shape index (κ1) is 22.7. The number of nitrogens with zero attached hydrogens (tertiary/aromatic N) is 4. The predicted octanol–water partition coefficient (Wildman–Crippen LogP) is 0.0336. The molecule has 0 saturated carbocycles. The molecule has 29 heavy (non-hydrogen) atoms. The number of carboxylic acids is 3. The van der Waals surface area contributed by atoms with Gasteiger partial charge in [-0.05, 0) is 18.7 Å². The summed E-state index contributed by atoms with van der Waals surface area (Å²) in [6, 6.07) is 4.47. The molecule has 2 heterocycles. The topological polar surface area (TPSA) is 135 Å². The Balaban J connectivity index is 2.30. The molecule has 0 amide bonds. The van der Waals surface area contributed by atoms with Gasteiger partial charge in [-0.25, -0.2) is 0 Å². The van der Waals surface area contributed by atoms with Gasteiger partial charge in [-0.15, -0.1) is 0 Å². The summed E-state index contributed by atoms with van der Waals surface area (Å²) in [7, 11) is 0. The largest absolute Gasteiger partial charge is 0.481 e. The van der Waals surface area contributed by atoms with Gasteiger partial charge in [0.25, 0.3) is 0 Å². The average Bonchev–Trinajstić information content (AvgIpc) is 2.64. The van der Waals surface area contributed by atoms with Crippen LogP contribution in [0, 0.1) is 0 Å². The van der Waals surface area contributed by atoms with E-state index in [-0.39, 0.29) is 19.6 Å². The van der Waals surface area contributed by atoms with Crippen LogP contribution in [0.25, 0.3) is 0 Å². The Morgan fingerprint density at radius 2 is 1.55 bits per heavy atom. The SMILES string of the molecule is CCN1CCN(C(CC(=O)O)C(=O)O)CCN(CC(=O)O)Cc2cccc(n2)C1. The van der Waals surface area contributed by atoms with Crippen molar-refractivity contribution in [2.45, 2.75) is 32.5 Å². The third kappa shape index (κ3) is 7.41. The first-order chi connectivity index (χ1) is 13.8. The van der Waals surface area contributed by atoms with Crippen LogP contribution in [-0.2, 0) is 27.5 Å². The van der Waals surface area contributed by atoms with Crippen molar-refractivity contribution in [1.82, 2.24) is 19.7 Å². The summed E-state index contributed by atoms with van der Waals surface area (Å²) in [6.07, 6.45) is -0.513. The number of carbonyl (C=O) groups is 3. The minimum atomic E-state index is -1.20. The molecule has 0 saturated heterocycles. The highest BCUT2D eigenvalue weighted by Crippen LogP contribution is 2.12. The quantitative estimate of drug-likeness (QED) is 0.567. The zero-order valence-electron chi connectivity index (χ0n) is 16.5. The van der Waals surface area contributed by atoms with Gasteiger partial charge >= 0.3 is 17.9 Å². The number of pyridine rings is 1. The summed E-state index contributed by atoms with van der Waals surface area (Å²) < 4.78 is 0. The van der Waals surface area contributed by atoms with Crippen LogP contribution >= 0.6 is 0 Å². The zero-order valence-corrected chi connectivity index (χ0v) is 16.5. The predicted molar refractivity (Wildman–Crippen MR) is 103 cm³/mol. The second-order valence-corrected chi connectivity index (χ2v) is 7.08. The Labute approximate surface area is 169 Å². The van der Waals surface area contributed by atoms with E-state index in [4.69, 9.17) is 5.11 Å². The number of aromatic nitrogens is 1. The van der Waals surface area contributed by atoms with Crippen LogP contribution in [0.4, 0.5) is 0 Å². The maximum atomic E-state index is 11.7. The molecule has 160 valence electrons. The summed E-state index contributed by atoms with van der Waals surface area (Å²) in [6.45, 7) is 4.86. The second kappa shape index (κ2) is 10.8. The lowest BCUT2D eigenvalue weighted by Crippen LogP contribution is -2.49. The number of carboxylic acid groups (broad SMARTS) is 3. The van der Waals surface area contributed by atoms with Gasteiger partial charge in [0.2, 0.25) is 0 Å². The molecule has 3 N–H and O–H groups in total. The molecule has 0 radical (unpaired) electrons. The van der Waals surface area contributed by atoms with Gasteiger partial charge in [0, 0.05) is 39.3 Å². The summed E-state index contributed by atoms with van der Waals surface area (Å²) in [5, 5.41) is 27.9. The van der Waals surface area contributed by atoms with Crippen LogP contribution in [-0.4, -0.2) is 98.2 Å². The van der Waals surface area contributed by atoms with Crippen LogP contribution in [0.2, 0.25) is 0 Å². The number of hydrogen-bond donors (Lipinski definition) is 3. The molecule has 0 aliphatic carbocycles. The van der Waals surface area contributed by atoms with Crippen molar-refractivity contribution in [3.05, 3.63) is 29.6 Å². The summed E-state index contributed by atoms with van der Waals surface area (Å²) in [5.41, 5.74) is 1.60. The average molecular weight is 408 g/mol. The maximum Gasteiger partial charge on any atom is 0.321 e. The van der Waals surface area contributed by atoms with Crippen molar-refractivity contribution in [2.75, 3.05) is 39.3 Å². The molecular weight excluding hydrogens is 380 g/mol. The minimum absolute atomic E-state index is 0.211. The highest BCUT2D eigenvalue weighted by atomic mass is 16.4. The fraction of sp³-hybridized carbons (Fsp3) is 0.579. The van der Waals surface area contributed by atoms with Crippen molar-refractivity contribution in [2.24, 2.45) is 0 Å². The molecule has 1 aromatic heterocycles. The molecule has 1 aromatic rings. The molecule has 0 aromatic carbocycles. The fourth-order valence-electron chi connectivity index (χ4n) is 3.42. The van der Waals surface area contributed by atoms with E-state index in [1.165, 1.54) is 0 Å². The molecule has 1 aliphatic heterocycles. The van der Waals surface area contributed by atoms with Crippen molar-refractivity contribution in [3.63, 3.8) is 0 Å². The van der Waals surface area contributed by atoms with E-state index in [9.17, 15) is 24.6 Å². The highest BCUT2D eigenvalue weighted by Gasteiger charge is 2.29. The molecule has 1 unspecified atom stereocenters. The van der Waals surface area contributed by atoms with Gasteiger partial charge in [-0.1, -0.05) is 13.0 Å². The first-order valence-corrected chi connectivity index (χ1v) is 9.58.